The van der Waals surface area contributed by atoms with E-state index in [9.17, 15) is 13.6 Å². The van der Waals surface area contributed by atoms with Crippen molar-refractivity contribution in [2.75, 3.05) is 33.8 Å². The van der Waals surface area contributed by atoms with E-state index < -0.39 is 11.6 Å². The highest BCUT2D eigenvalue weighted by molar-refractivity contribution is 5.77. The molecule has 1 N–H and O–H groups in total. The van der Waals surface area contributed by atoms with Crippen LogP contribution in [-0.4, -0.2) is 44.6 Å². The summed E-state index contributed by atoms with van der Waals surface area (Å²) >= 11 is 0. The lowest BCUT2D eigenvalue weighted by molar-refractivity contribution is -0.132. The molecular formula is C12H16F2N2O2. The second-order valence-electron chi connectivity index (χ2n) is 3.78. The second kappa shape index (κ2) is 6.90. The van der Waals surface area contributed by atoms with Gasteiger partial charge < -0.3 is 15.0 Å². The highest BCUT2D eigenvalue weighted by Gasteiger charge is 2.11. The van der Waals surface area contributed by atoms with Gasteiger partial charge in [-0.2, -0.15) is 0 Å². The van der Waals surface area contributed by atoms with Crippen molar-refractivity contribution in [2.24, 2.45) is 0 Å². The molecule has 0 saturated carbocycles. The van der Waals surface area contributed by atoms with Crippen LogP contribution in [0.3, 0.4) is 0 Å². The maximum Gasteiger partial charge on any atom is 0.260 e. The van der Waals surface area contributed by atoms with Gasteiger partial charge in [-0.05, 0) is 19.2 Å². The van der Waals surface area contributed by atoms with Crippen molar-refractivity contribution in [3.8, 4) is 5.75 Å². The summed E-state index contributed by atoms with van der Waals surface area (Å²) in [5, 5.41) is 2.91. The summed E-state index contributed by atoms with van der Waals surface area (Å²) < 4.78 is 30.8. The third-order valence-electron chi connectivity index (χ3n) is 2.37. The fraction of sp³-hybridized carbons (Fsp3) is 0.417. The van der Waals surface area contributed by atoms with Gasteiger partial charge in [-0.3, -0.25) is 4.79 Å². The number of carbonyl (C=O) groups is 1. The monoisotopic (exact) mass is 258 g/mol. The summed E-state index contributed by atoms with van der Waals surface area (Å²) in [6.45, 7) is 0.917. The van der Waals surface area contributed by atoms with Gasteiger partial charge in [0, 0.05) is 26.2 Å². The van der Waals surface area contributed by atoms with Crippen LogP contribution in [0, 0.1) is 11.6 Å². The molecule has 0 heterocycles. The first-order valence-electron chi connectivity index (χ1n) is 5.51. The number of ether oxygens (including phenoxy) is 1. The maximum atomic E-state index is 13.2. The molecule has 1 aromatic carbocycles. The zero-order valence-corrected chi connectivity index (χ0v) is 10.4. The Hall–Kier alpha value is -1.69. The fourth-order valence-corrected chi connectivity index (χ4v) is 1.25. The molecule has 0 fully saturated rings. The van der Waals surface area contributed by atoms with Crippen LogP contribution in [0.25, 0.3) is 0 Å². The third kappa shape index (κ3) is 4.29. The molecule has 1 amide bonds. The number of amides is 1. The minimum atomic E-state index is -0.819. The van der Waals surface area contributed by atoms with E-state index in [0.29, 0.717) is 19.2 Å². The summed E-state index contributed by atoms with van der Waals surface area (Å²) in [6.07, 6.45) is 0. The minimum Gasteiger partial charge on any atom is -0.481 e. The lowest BCUT2D eigenvalue weighted by Crippen LogP contribution is -2.36. The van der Waals surface area contributed by atoms with Gasteiger partial charge in [0.05, 0.1) is 0 Å². The van der Waals surface area contributed by atoms with E-state index in [4.69, 9.17) is 4.74 Å². The number of likely N-dealkylation sites (N-methyl/N-ethyl adjacent to an activating group) is 2. The van der Waals surface area contributed by atoms with Gasteiger partial charge in [0.25, 0.3) is 5.91 Å². The Morgan fingerprint density at radius 2 is 2.17 bits per heavy atom. The number of nitrogens with zero attached hydrogens (tertiary/aromatic N) is 1. The topological polar surface area (TPSA) is 41.6 Å². The Kier molecular flexibility index (Phi) is 5.51. The van der Waals surface area contributed by atoms with Crippen LogP contribution in [0.5, 0.6) is 5.75 Å². The quantitative estimate of drug-likeness (QED) is 0.828. The van der Waals surface area contributed by atoms with Gasteiger partial charge in [-0.1, -0.05) is 0 Å². The first kappa shape index (κ1) is 14.4. The van der Waals surface area contributed by atoms with Crippen LogP contribution < -0.4 is 10.1 Å². The van der Waals surface area contributed by atoms with Gasteiger partial charge in [0.15, 0.2) is 18.2 Å². The Morgan fingerprint density at radius 1 is 1.44 bits per heavy atom. The Labute approximate surface area is 105 Å². The second-order valence-corrected chi connectivity index (χ2v) is 3.78. The molecule has 6 heteroatoms. The number of rotatable bonds is 6. The van der Waals surface area contributed by atoms with Gasteiger partial charge in [0.1, 0.15) is 5.82 Å². The fourth-order valence-electron chi connectivity index (χ4n) is 1.25. The number of nitrogens with one attached hydrogen (secondary N) is 1. The number of benzene rings is 1. The smallest absolute Gasteiger partial charge is 0.260 e. The minimum absolute atomic E-state index is 0.133. The summed E-state index contributed by atoms with van der Waals surface area (Å²) in [4.78, 5) is 13.0. The molecule has 0 atom stereocenters. The van der Waals surface area contributed by atoms with Gasteiger partial charge in [-0.25, -0.2) is 8.78 Å². The maximum absolute atomic E-state index is 13.2. The van der Waals surface area contributed by atoms with E-state index in [-0.39, 0.29) is 18.3 Å². The Balaban J connectivity index is 2.47. The van der Waals surface area contributed by atoms with Crippen LogP contribution in [-0.2, 0) is 4.79 Å². The van der Waals surface area contributed by atoms with Crippen molar-refractivity contribution in [2.45, 2.75) is 0 Å². The highest BCUT2D eigenvalue weighted by atomic mass is 19.1. The van der Waals surface area contributed by atoms with E-state index in [1.54, 1.807) is 14.1 Å². The molecule has 0 aliphatic carbocycles. The van der Waals surface area contributed by atoms with E-state index >= 15 is 0 Å². The van der Waals surface area contributed by atoms with Crippen molar-refractivity contribution in [3.05, 3.63) is 29.8 Å². The van der Waals surface area contributed by atoms with Gasteiger partial charge in [-0.15, -0.1) is 0 Å². The van der Waals surface area contributed by atoms with Crippen LogP contribution in [0.4, 0.5) is 8.78 Å². The normalized spacial score (nSPS) is 10.2. The van der Waals surface area contributed by atoms with Crippen LogP contribution in [0.15, 0.2) is 18.2 Å². The Bertz CT molecular complexity index is 413. The first-order chi connectivity index (χ1) is 8.54. The zero-order valence-electron chi connectivity index (χ0n) is 10.4. The summed E-state index contributed by atoms with van der Waals surface area (Å²) in [6, 6.07) is 2.95. The largest absolute Gasteiger partial charge is 0.481 e. The number of hydrogen-bond donors (Lipinski definition) is 1. The summed E-state index contributed by atoms with van der Waals surface area (Å²) in [5.41, 5.74) is 0. The molecular weight excluding hydrogens is 242 g/mol. The molecule has 0 saturated heterocycles. The molecule has 0 spiro atoms. The van der Waals surface area contributed by atoms with Gasteiger partial charge in [0.2, 0.25) is 0 Å². The molecule has 18 heavy (non-hydrogen) atoms. The summed E-state index contributed by atoms with van der Waals surface area (Å²) in [5.74, 6) is -1.90. The highest BCUT2D eigenvalue weighted by Crippen LogP contribution is 2.17. The number of halogens is 2. The Morgan fingerprint density at radius 3 is 2.78 bits per heavy atom. The molecule has 0 aliphatic rings. The van der Waals surface area contributed by atoms with Crippen LogP contribution >= 0.6 is 0 Å². The van der Waals surface area contributed by atoms with Crippen molar-refractivity contribution in [1.29, 1.82) is 0 Å². The van der Waals surface area contributed by atoms with Crippen molar-refractivity contribution >= 4 is 5.91 Å². The lowest BCUT2D eigenvalue weighted by atomic mass is 10.3. The van der Waals surface area contributed by atoms with E-state index in [1.807, 2.05) is 0 Å². The van der Waals surface area contributed by atoms with Gasteiger partial charge >= 0.3 is 0 Å². The lowest BCUT2D eigenvalue weighted by Gasteiger charge is -2.17. The first-order valence-corrected chi connectivity index (χ1v) is 5.51. The zero-order chi connectivity index (χ0) is 13.5. The van der Waals surface area contributed by atoms with Crippen molar-refractivity contribution in [3.63, 3.8) is 0 Å². The molecule has 100 valence electrons. The van der Waals surface area contributed by atoms with Crippen LogP contribution in [0.1, 0.15) is 0 Å². The molecule has 0 radical (unpaired) electrons. The standard InChI is InChI=1S/C12H16F2N2O2/c1-15-5-6-16(2)12(17)8-18-11-4-3-9(13)7-10(11)14/h3-4,7,15H,5-6,8H2,1-2H3. The number of hydrogen-bond acceptors (Lipinski definition) is 3. The predicted molar refractivity (Wildman–Crippen MR) is 63.4 cm³/mol. The predicted octanol–water partition coefficient (Wildman–Crippen LogP) is 1.02. The van der Waals surface area contributed by atoms with E-state index in [2.05, 4.69) is 5.32 Å². The summed E-state index contributed by atoms with van der Waals surface area (Å²) in [7, 11) is 3.41. The number of carbonyl (C=O) groups excluding carboxylic acids is 1. The SMILES string of the molecule is CNCCN(C)C(=O)COc1ccc(F)cc1F. The third-order valence-corrected chi connectivity index (χ3v) is 2.37. The van der Waals surface area contributed by atoms with E-state index in [1.165, 1.54) is 4.90 Å². The molecule has 1 aromatic rings. The van der Waals surface area contributed by atoms with Crippen molar-refractivity contribution in [1.82, 2.24) is 10.2 Å². The molecule has 1 rings (SSSR count). The average molecular weight is 258 g/mol. The molecule has 0 aliphatic heterocycles. The van der Waals surface area contributed by atoms with E-state index in [0.717, 1.165) is 12.1 Å². The molecule has 0 bridgehead atoms. The van der Waals surface area contributed by atoms with Crippen LogP contribution in [0.2, 0.25) is 0 Å². The molecule has 0 unspecified atom stereocenters. The van der Waals surface area contributed by atoms with Crippen molar-refractivity contribution < 1.29 is 18.3 Å². The molecule has 4 nitrogen and oxygen atoms in total. The average Bonchev–Trinajstić information content (AvgIpc) is 2.34. The molecule has 0 aromatic heterocycles.